The molecular weight excluding hydrogens is 552 g/mol. The molecular formula is C23H19FIN7O2. The van der Waals surface area contributed by atoms with Gasteiger partial charge in [-0.2, -0.15) is 10.4 Å². The number of ketones is 1. The van der Waals surface area contributed by atoms with Crippen molar-refractivity contribution in [1.29, 1.82) is 5.26 Å². The predicted molar refractivity (Wildman–Crippen MR) is 130 cm³/mol. The minimum absolute atomic E-state index is 0.136. The lowest BCUT2D eigenvalue weighted by Gasteiger charge is -2.23. The van der Waals surface area contributed by atoms with Gasteiger partial charge in [0.1, 0.15) is 29.4 Å². The molecule has 2 aromatic heterocycles. The van der Waals surface area contributed by atoms with Crippen LogP contribution < -0.4 is 15.9 Å². The fraction of sp³-hybridized carbons (Fsp3) is 0.217. The maximum Gasteiger partial charge on any atom is 0.229 e. The third-order valence-electron chi connectivity index (χ3n) is 5.81. The molecule has 0 spiro atoms. The lowest BCUT2D eigenvalue weighted by atomic mass is 9.97. The van der Waals surface area contributed by atoms with Crippen LogP contribution in [0.4, 0.5) is 10.2 Å². The Balaban J connectivity index is 1.90. The number of hydrogen-bond acceptors (Lipinski definition) is 8. The Hall–Kier alpha value is -3.50. The third kappa shape index (κ3) is 3.41. The second-order valence-corrected chi connectivity index (χ2v) is 9.28. The zero-order chi connectivity index (χ0) is 24.3. The molecule has 5 rings (SSSR count). The van der Waals surface area contributed by atoms with E-state index in [0.717, 1.165) is 0 Å². The fourth-order valence-corrected chi connectivity index (χ4v) is 5.17. The van der Waals surface area contributed by atoms with Gasteiger partial charge in [0.2, 0.25) is 5.78 Å². The molecule has 2 atom stereocenters. The molecule has 2 aliphatic heterocycles. The van der Waals surface area contributed by atoms with Crippen LogP contribution in [0, 0.1) is 27.6 Å². The summed E-state index contributed by atoms with van der Waals surface area (Å²) in [5, 5.41) is 15.9. The second kappa shape index (κ2) is 8.07. The van der Waals surface area contributed by atoms with Crippen LogP contribution in [-0.2, 0) is 0 Å². The van der Waals surface area contributed by atoms with E-state index in [1.165, 1.54) is 28.0 Å². The first-order chi connectivity index (χ1) is 16.2. The van der Waals surface area contributed by atoms with Crippen molar-refractivity contribution in [3.63, 3.8) is 0 Å². The molecule has 9 nitrogen and oxygen atoms in total. The van der Waals surface area contributed by atoms with Crippen LogP contribution in [0.1, 0.15) is 40.3 Å². The first-order valence-electron chi connectivity index (χ1n) is 10.4. The van der Waals surface area contributed by atoms with Crippen LogP contribution >= 0.6 is 22.6 Å². The van der Waals surface area contributed by atoms with Gasteiger partial charge in [-0.1, -0.05) is 0 Å². The van der Waals surface area contributed by atoms with Gasteiger partial charge in [-0.3, -0.25) is 4.79 Å². The Morgan fingerprint density at radius 3 is 2.82 bits per heavy atom. The normalized spacial score (nSPS) is 19.4. The van der Waals surface area contributed by atoms with E-state index in [9.17, 15) is 14.4 Å². The summed E-state index contributed by atoms with van der Waals surface area (Å²) in [6.07, 6.45) is 0.848. The number of carbonyl (C=O) groups is 1. The number of fused-ring (bicyclic) bond motifs is 6. The molecule has 34 heavy (non-hydrogen) atoms. The number of pyridine rings is 1. The molecule has 11 heteroatoms. The molecule has 0 saturated heterocycles. The van der Waals surface area contributed by atoms with E-state index in [0.29, 0.717) is 31.7 Å². The number of ether oxygens (including phenoxy) is 1. The molecule has 172 valence electrons. The minimum atomic E-state index is -0.790. The zero-order valence-corrected chi connectivity index (χ0v) is 20.6. The number of anilines is 1. The summed E-state index contributed by atoms with van der Waals surface area (Å²) in [5.41, 5.74) is 12.3. The van der Waals surface area contributed by atoms with Crippen molar-refractivity contribution in [2.24, 2.45) is 0 Å². The van der Waals surface area contributed by atoms with Crippen LogP contribution in [0.2, 0.25) is 0 Å². The second-order valence-electron chi connectivity index (χ2n) is 8.12. The van der Waals surface area contributed by atoms with E-state index in [1.54, 1.807) is 33.0 Å². The van der Waals surface area contributed by atoms with Crippen molar-refractivity contribution in [2.45, 2.75) is 26.0 Å². The van der Waals surface area contributed by atoms with E-state index in [-0.39, 0.29) is 28.7 Å². The Labute approximate surface area is 208 Å². The van der Waals surface area contributed by atoms with Crippen LogP contribution in [0.15, 0.2) is 36.2 Å². The number of nitrogens with two attached hydrogens (primary N) is 1. The average molecular weight is 571 g/mol. The van der Waals surface area contributed by atoms with Gasteiger partial charge in [-0.05, 0) is 60.7 Å². The van der Waals surface area contributed by atoms with Gasteiger partial charge in [-0.25, -0.2) is 19.5 Å². The first-order valence-corrected chi connectivity index (χ1v) is 11.4. The van der Waals surface area contributed by atoms with Crippen molar-refractivity contribution in [3.05, 3.63) is 68.1 Å². The van der Waals surface area contributed by atoms with Crippen molar-refractivity contribution < 1.29 is 13.9 Å². The number of halogens is 2. The van der Waals surface area contributed by atoms with Gasteiger partial charge in [0.15, 0.2) is 11.6 Å². The molecule has 0 radical (unpaired) electrons. The van der Waals surface area contributed by atoms with E-state index >= 15 is 0 Å². The molecule has 0 saturated carbocycles. The van der Waals surface area contributed by atoms with Crippen molar-refractivity contribution in [3.8, 4) is 17.5 Å². The standard InChI is InChI=1S/C23H19FIN7O2/c1-10-4-17-22(33)21-19(16(8-26)30-31(21)3)12-5-18(23(27)28-9-12)34-11(2)14-6-13(24)7-15(25)20(14)32(17)29-10/h4-7,9,11,16,30H,1-3H3,(H2,27,28). The Bertz CT molecular complexity index is 1440. The van der Waals surface area contributed by atoms with Gasteiger partial charge in [-0.15, -0.1) is 0 Å². The largest absolute Gasteiger partial charge is 0.482 e. The van der Waals surface area contributed by atoms with Crippen molar-refractivity contribution in [1.82, 2.24) is 25.2 Å². The number of nitrogen functional groups attached to an aromatic ring is 1. The number of nitrogens with one attached hydrogen (secondary N) is 1. The number of benzene rings is 1. The summed E-state index contributed by atoms with van der Waals surface area (Å²) in [4.78, 5) is 18.2. The van der Waals surface area contributed by atoms with Crippen molar-refractivity contribution >= 4 is 39.8 Å². The topological polar surface area (TPSA) is 122 Å². The quantitative estimate of drug-likeness (QED) is 0.395. The van der Waals surface area contributed by atoms with Gasteiger partial charge in [0.05, 0.1) is 17.5 Å². The number of hydrogen-bond donors (Lipinski definition) is 2. The average Bonchev–Trinajstić information content (AvgIpc) is 3.33. The SMILES string of the molecule is Cc1cc2n(n1)-c1c(I)cc(F)cc1C(C)Oc1cc(cnc1N)C1=C(C2=O)N(C)NC1C#N. The molecule has 0 aliphatic carbocycles. The lowest BCUT2D eigenvalue weighted by Crippen LogP contribution is -2.35. The van der Waals surface area contributed by atoms with Gasteiger partial charge < -0.3 is 15.5 Å². The van der Waals surface area contributed by atoms with Crippen molar-refractivity contribution in [2.75, 3.05) is 12.8 Å². The smallest absolute Gasteiger partial charge is 0.229 e. The van der Waals surface area contributed by atoms with Crippen LogP contribution in [0.3, 0.4) is 0 Å². The van der Waals surface area contributed by atoms with Crippen LogP contribution in [0.25, 0.3) is 11.3 Å². The Kier molecular flexibility index (Phi) is 5.29. The Morgan fingerprint density at radius 1 is 1.32 bits per heavy atom. The van der Waals surface area contributed by atoms with Gasteiger partial charge in [0, 0.05) is 33.5 Å². The zero-order valence-electron chi connectivity index (χ0n) is 18.4. The van der Waals surface area contributed by atoms with Gasteiger partial charge >= 0.3 is 0 Å². The molecule has 2 aliphatic rings. The summed E-state index contributed by atoms with van der Waals surface area (Å²) in [5.74, 6) is -0.388. The predicted octanol–water partition coefficient (Wildman–Crippen LogP) is 3.29. The lowest BCUT2D eigenvalue weighted by molar-refractivity contribution is 0.0985. The summed E-state index contributed by atoms with van der Waals surface area (Å²) >= 11 is 2.02. The highest BCUT2D eigenvalue weighted by Crippen LogP contribution is 2.38. The molecule has 2 bridgehead atoms. The molecule has 1 aromatic carbocycles. The fourth-order valence-electron chi connectivity index (χ4n) is 4.33. The number of Topliss-reactive ketones (excluding diaryl/α,β-unsaturated/α-hetero) is 1. The van der Waals surface area contributed by atoms with Crippen LogP contribution in [0.5, 0.6) is 5.75 Å². The number of aryl methyl sites for hydroxylation is 1. The van der Waals surface area contributed by atoms with E-state index in [2.05, 4.69) is 21.6 Å². The molecule has 4 heterocycles. The molecule has 3 N–H and O–H groups in total. The summed E-state index contributed by atoms with van der Waals surface area (Å²) in [6, 6.07) is 7.47. The number of likely N-dealkylation sites (N-methyl/N-ethyl adjacent to an activating group) is 1. The highest BCUT2D eigenvalue weighted by Gasteiger charge is 2.37. The number of carbonyl (C=O) groups excluding carboxylic acids is 1. The maximum absolute atomic E-state index is 14.5. The van der Waals surface area contributed by atoms with E-state index in [1.807, 2.05) is 22.6 Å². The molecule has 2 unspecified atom stereocenters. The van der Waals surface area contributed by atoms with Crippen LogP contribution in [-0.4, -0.2) is 38.6 Å². The number of hydrazine groups is 1. The molecule has 0 amide bonds. The highest BCUT2D eigenvalue weighted by atomic mass is 127. The number of nitrogens with zero attached hydrogens (tertiary/aromatic N) is 5. The Morgan fingerprint density at radius 2 is 2.09 bits per heavy atom. The number of nitriles is 1. The van der Waals surface area contributed by atoms with Gasteiger partial charge in [0.25, 0.3) is 0 Å². The number of rotatable bonds is 0. The minimum Gasteiger partial charge on any atom is -0.482 e. The number of aromatic nitrogens is 3. The first kappa shape index (κ1) is 22.3. The summed E-state index contributed by atoms with van der Waals surface area (Å²) in [6.45, 7) is 3.54. The van der Waals surface area contributed by atoms with E-state index < -0.39 is 18.0 Å². The highest BCUT2D eigenvalue weighted by molar-refractivity contribution is 14.1. The maximum atomic E-state index is 14.5. The summed E-state index contributed by atoms with van der Waals surface area (Å²) in [7, 11) is 1.67. The van der Waals surface area contributed by atoms with E-state index in [4.69, 9.17) is 10.5 Å². The third-order valence-corrected chi connectivity index (χ3v) is 6.64. The summed E-state index contributed by atoms with van der Waals surface area (Å²) < 4.78 is 22.7. The molecule has 3 aromatic rings. The molecule has 0 fully saturated rings. The monoisotopic (exact) mass is 571 g/mol. The number of allylic oxidation sites excluding steroid dienone is 1.